The maximum Gasteiger partial charge on any atom is 0.0702 e. The van der Waals surface area contributed by atoms with Gasteiger partial charge in [0.25, 0.3) is 0 Å². The molecular formula is C21H20N2. The van der Waals surface area contributed by atoms with E-state index >= 15 is 0 Å². The van der Waals surface area contributed by atoms with E-state index in [2.05, 4.69) is 64.9 Å². The Morgan fingerprint density at radius 3 is 2.43 bits per heavy atom. The average molecular weight is 300 g/mol. The van der Waals surface area contributed by atoms with E-state index in [1.165, 1.54) is 11.1 Å². The van der Waals surface area contributed by atoms with Crippen molar-refractivity contribution < 1.29 is 0 Å². The minimum atomic E-state index is 0.761. The minimum absolute atomic E-state index is 0.761. The van der Waals surface area contributed by atoms with E-state index in [0.717, 1.165) is 23.5 Å². The van der Waals surface area contributed by atoms with Crippen molar-refractivity contribution in [3.05, 3.63) is 90.1 Å². The Morgan fingerprint density at radius 1 is 0.913 bits per heavy atom. The van der Waals surface area contributed by atoms with Crippen LogP contribution in [0.15, 0.2) is 79.0 Å². The molecule has 1 heterocycles. The predicted octanol–water partition coefficient (Wildman–Crippen LogP) is 5.39. The quantitative estimate of drug-likeness (QED) is 0.683. The van der Waals surface area contributed by atoms with E-state index in [9.17, 15) is 0 Å². The van der Waals surface area contributed by atoms with Crippen molar-refractivity contribution in [2.24, 2.45) is 0 Å². The monoisotopic (exact) mass is 300 g/mol. The summed E-state index contributed by atoms with van der Waals surface area (Å²) in [7, 11) is 0. The lowest BCUT2D eigenvalue weighted by Crippen LogP contribution is -2.01. The smallest absolute Gasteiger partial charge is 0.0702 e. The Morgan fingerprint density at radius 2 is 1.70 bits per heavy atom. The second-order valence-corrected chi connectivity index (χ2v) is 5.36. The molecule has 1 aromatic heterocycles. The first kappa shape index (κ1) is 15.0. The number of hydrogen-bond donors (Lipinski definition) is 1. The summed E-state index contributed by atoms with van der Waals surface area (Å²) in [6.07, 6.45) is 6.10. The van der Waals surface area contributed by atoms with Gasteiger partial charge >= 0.3 is 0 Å². The van der Waals surface area contributed by atoms with E-state index in [0.29, 0.717) is 0 Å². The normalized spacial score (nSPS) is 10.8. The molecule has 2 nitrogen and oxygen atoms in total. The third-order valence-electron chi connectivity index (χ3n) is 3.68. The fraction of sp³-hybridized carbons (Fsp3) is 0.0952. The van der Waals surface area contributed by atoms with Crippen molar-refractivity contribution in [1.82, 2.24) is 4.98 Å². The summed E-state index contributed by atoms with van der Waals surface area (Å²) in [4.78, 5) is 4.57. The molecule has 0 unspecified atom stereocenters. The summed E-state index contributed by atoms with van der Waals surface area (Å²) < 4.78 is 0. The molecule has 114 valence electrons. The first-order chi connectivity index (χ1) is 11.4. The predicted molar refractivity (Wildman–Crippen MR) is 98.1 cm³/mol. The highest BCUT2D eigenvalue weighted by Crippen LogP contribution is 2.19. The van der Waals surface area contributed by atoms with Gasteiger partial charge in [0.15, 0.2) is 0 Å². The molecule has 0 radical (unpaired) electrons. The molecule has 3 aromatic rings. The number of nitrogens with zero attached hydrogens (tertiary/aromatic N) is 1. The number of rotatable bonds is 5. The Labute approximate surface area is 137 Å². The number of hydrogen-bond acceptors (Lipinski definition) is 2. The fourth-order valence-corrected chi connectivity index (χ4v) is 2.49. The number of para-hydroxylation sites is 1. The van der Waals surface area contributed by atoms with Gasteiger partial charge in [-0.2, -0.15) is 0 Å². The van der Waals surface area contributed by atoms with Crippen molar-refractivity contribution in [2.75, 3.05) is 5.32 Å². The maximum atomic E-state index is 4.57. The van der Waals surface area contributed by atoms with Crippen molar-refractivity contribution in [2.45, 2.75) is 13.5 Å². The zero-order chi connectivity index (χ0) is 15.9. The van der Waals surface area contributed by atoms with Gasteiger partial charge in [0.2, 0.25) is 0 Å². The standard InChI is InChI=1S/C21H20N2/c1-2-8-18-11-6-7-12-20(18)22-15-17-13-14-21(23-16-17)19-9-4-3-5-10-19/h2-14,16,22H,15H2,1H3/b8-2+. The second-order valence-electron chi connectivity index (χ2n) is 5.36. The summed E-state index contributed by atoms with van der Waals surface area (Å²) in [6.45, 7) is 2.79. The van der Waals surface area contributed by atoms with Crippen LogP contribution in [0.25, 0.3) is 17.3 Å². The highest BCUT2D eigenvalue weighted by Gasteiger charge is 2.01. The van der Waals surface area contributed by atoms with Gasteiger partial charge in [-0.15, -0.1) is 0 Å². The molecule has 0 aliphatic carbocycles. The summed E-state index contributed by atoms with van der Waals surface area (Å²) >= 11 is 0. The summed E-state index contributed by atoms with van der Waals surface area (Å²) in [5, 5.41) is 3.48. The van der Waals surface area contributed by atoms with Crippen LogP contribution in [0, 0.1) is 0 Å². The van der Waals surface area contributed by atoms with Gasteiger partial charge in [-0.25, -0.2) is 0 Å². The molecule has 0 fully saturated rings. The van der Waals surface area contributed by atoms with Crippen molar-refractivity contribution in [3.63, 3.8) is 0 Å². The Hall–Kier alpha value is -2.87. The lowest BCUT2D eigenvalue weighted by Gasteiger charge is -2.10. The van der Waals surface area contributed by atoms with Gasteiger partial charge in [0, 0.05) is 24.0 Å². The molecule has 23 heavy (non-hydrogen) atoms. The molecule has 0 amide bonds. The topological polar surface area (TPSA) is 24.9 Å². The zero-order valence-electron chi connectivity index (χ0n) is 13.2. The van der Waals surface area contributed by atoms with Gasteiger partial charge in [0.05, 0.1) is 5.69 Å². The van der Waals surface area contributed by atoms with Crippen LogP contribution in [0.4, 0.5) is 5.69 Å². The highest BCUT2D eigenvalue weighted by atomic mass is 14.9. The number of nitrogens with one attached hydrogen (secondary N) is 1. The van der Waals surface area contributed by atoms with E-state index in [4.69, 9.17) is 0 Å². The zero-order valence-corrected chi connectivity index (χ0v) is 13.2. The lowest BCUT2D eigenvalue weighted by atomic mass is 10.1. The number of anilines is 1. The fourth-order valence-electron chi connectivity index (χ4n) is 2.49. The van der Waals surface area contributed by atoms with Gasteiger partial charge in [-0.1, -0.05) is 66.7 Å². The Bertz CT molecular complexity index is 774. The molecule has 1 N–H and O–H groups in total. The number of benzene rings is 2. The minimum Gasteiger partial charge on any atom is -0.380 e. The largest absolute Gasteiger partial charge is 0.380 e. The molecule has 0 saturated heterocycles. The van der Waals surface area contributed by atoms with E-state index < -0.39 is 0 Å². The number of aromatic nitrogens is 1. The third-order valence-corrected chi connectivity index (χ3v) is 3.68. The summed E-state index contributed by atoms with van der Waals surface area (Å²) in [5.41, 5.74) is 5.65. The summed E-state index contributed by atoms with van der Waals surface area (Å²) in [5.74, 6) is 0. The number of pyridine rings is 1. The molecule has 0 spiro atoms. The van der Waals surface area contributed by atoms with E-state index in [-0.39, 0.29) is 0 Å². The molecule has 0 aliphatic heterocycles. The summed E-state index contributed by atoms with van der Waals surface area (Å²) in [6, 6.07) is 22.7. The molecular weight excluding hydrogens is 280 g/mol. The molecule has 0 bridgehead atoms. The molecule has 0 aliphatic rings. The van der Waals surface area contributed by atoms with Gasteiger partial charge in [-0.3, -0.25) is 4.98 Å². The van der Waals surface area contributed by atoms with Crippen LogP contribution in [0.3, 0.4) is 0 Å². The molecule has 2 aromatic carbocycles. The highest BCUT2D eigenvalue weighted by molar-refractivity contribution is 5.66. The van der Waals surface area contributed by atoms with Crippen molar-refractivity contribution in [1.29, 1.82) is 0 Å². The van der Waals surface area contributed by atoms with Crippen molar-refractivity contribution in [3.8, 4) is 11.3 Å². The average Bonchev–Trinajstić information content (AvgIpc) is 2.62. The maximum absolute atomic E-state index is 4.57. The van der Waals surface area contributed by atoms with Gasteiger partial charge in [0.1, 0.15) is 0 Å². The molecule has 0 atom stereocenters. The van der Waals surface area contributed by atoms with Crippen LogP contribution < -0.4 is 5.32 Å². The number of allylic oxidation sites excluding steroid dienone is 1. The second kappa shape index (κ2) is 7.41. The van der Waals surface area contributed by atoms with Crippen LogP contribution in [0.1, 0.15) is 18.1 Å². The SMILES string of the molecule is C/C=C/c1ccccc1NCc1ccc(-c2ccccc2)nc1. The van der Waals surface area contributed by atoms with Crippen LogP contribution >= 0.6 is 0 Å². The van der Waals surface area contributed by atoms with Crippen LogP contribution in [-0.2, 0) is 6.54 Å². The van der Waals surface area contributed by atoms with Crippen LogP contribution in [0.5, 0.6) is 0 Å². The first-order valence-electron chi connectivity index (χ1n) is 7.83. The first-order valence-corrected chi connectivity index (χ1v) is 7.83. The molecule has 2 heteroatoms. The van der Waals surface area contributed by atoms with Gasteiger partial charge in [-0.05, 0) is 30.2 Å². The Kier molecular flexibility index (Phi) is 4.85. The molecule has 3 rings (SSSR count). The Balaban J connectivity index is 1.70. The van der Waals surface area contributed by atoms with Crippen LogP contribution in [0.2, 0.25) is 0 Å². The van der Waals surface area contributed by atoms with Crippen molar-refractivity contribution >= 4 is 11.8 Å². The van der Waals surface area contributed by atoms with Gasteiger partial charge < -0.3 is 5.32 Å². The van der Waals surface area contributed by atoms with Crippen LogP contribution in [-0.4, -0.2) is 4.98 Å². The lowest BCUT2D eigenvalue weighted by molar-refractivity contribution is 1.11. The van der Waals surface area contributed by atoms with E-state index in [1.807, 2.05) is 37.4 Å². The van der Waals surface area contributed by atoms with E-state index in [1.54, 1.807) is 0 Å². The third kappa shape index (κ3) is 3.86. The molecule has 0 saturated carbocycles.